The molecule has 0 spiro atoms. The zero-order valence-electron chi connectivity index (χ0n) is 6.15. The van der Waals surface area contributed by atoms with Crippen LogP contribution < -0.4 is 10.9 Å². The highest BCUT2D eigenvalue weighted by molar-refractivity contribution is 5.23. The van der Waals surface area contributed by atoms with Crippen LogP contribution in [0.3, 0.4) is 0 Å². The average molecular weight is 136 g/mol. The van der Waals surface area contributed by atoms with Gasteiger partial charge in [-0.05, 0) is 31.9 Å². The maximum Gasteiger partial charge on any atom is 0.0345 e. The van der Waals surface area contributed by atoms with Crippen molar-refractivity contribution in [2.24, 2.45) is 5.92 Å². The van der Waals surface area contributed by atoms with Crippen molar-refractivity contribution in [1.29, 1.82) is 0 Å². The molecule has 0 aromatic heterocycles. The third-order valence-electron chi connectivity index (χ3n) is 1.93. The first-order valence-corrected chi connectivity index (χ1v) is 3.77. The first-order chi connectivity index (χ1) is 4.86. The third-order valence-corrected chi connectivity index (χ3v) is 1.93. The van der Waals surface area contributed by atoms with E-state index in [9.17, 15) is 0 Å². The Morgan fingerprint density at radius 3 is 2.60 bits per heavy atom. The van der Waals surface area contributed by atoms with Gasteiger partial charge < -0.3 is 10.9 Å². The lowest BCUT2D eigenvalue weighted by molar-refractivity contribution is 0.638. The monoisotopic (exact) mass is 136 g/mol. The lowest BCUT2D eigenvalue weighted by atomic mass is 10.2. The standard InChI is InChI=1S/C8H12N2/c1-6-2-5-8(10-9-6)7-3-4-7/h2,5,7,9-10H,3-4H2,1H3. The van der Waals surface area contributed by atoms with Crippen molar-refractivity contribution >= 4 is 0 Å². The van der Waals surface area contributed by atoms with Gasteiger partial charge in [-0.15, -0.1) is 0 Å². The van der Waals surface area contributed by atoms with Gasteiger partial charge in [0, 0.05) is 17.3 Å². The van der Waals surface area contributed by atoms with Crippen molar-refractivity contribution in [2.75, 3.05) is 0 Å². The summed E-state index contributed by atoms with van der Waals surface area (Å²) in [4.78, 5) is 0. The molecule has 0 amide bonds. The molecule has 1 heterocycles. The van der Waals surface area contributed by atoms with E-state index in [0.29, 0.717) is 0 Å². The van der Waals surface area contributed by atoms with Gasteiger partial charge in [0.25, 0.3) is 0 Å². The molecular weight excluding hydrogens is 124 g/mol. The van der Waals surface area contributed by atoms with Gasteiger partial charge in [-0.3, -0.25) is 0 Å². The summed E-state index contributed by atoms with van der Waals surface area (Å²) in [6, 6.07) is 0. The quantitative estimate of drug-likeness (QED) is 0.567. The van der Waals surface area contributed by atoms with E-state index in [2.05, 4.69) is 23.0 Å². The second-order valence-corrected chi connectivity index (χ2v) is 3.00. The fourth-order valence-corrected chi connectivity index (χ4v) is 1.10. The highest BCUT2D eigenvalue weighted by Gasteiger charge is 2.26. The van der Waals surface area contributed by atoms with Crippen molar-refractivity contribution in [1.82, 2.24) is 10.9 Å². The van der Waals surface area contributed by atoms with Crippen LogP contribution in [0.1, 0.15) is 19.8 Å². The molecule has 1 aliphatic heterocycles. The number of nitrogens with one attached hydrogen (secondary N) is 2. The van der Waals surface area contributed by atoms with Crippen molar-refractivity contribution in [3.05, 3.63) is 23.5 Å². The van der Waals surface area contributed by atoms with E-state index >= 15 is 0 Å². The molecule has 0 bridgehead atoms. The minimum absolute atomic E-state index is 0.817. The molecule has 1 aliphatic carbocycles. The van der Waals surface area contributed by atoms with Gasteiger partial charge in [0.1, 0.15) is 0 Å². The summed E-state index contributed by atoms with van der Waals surface area (Å²) in [6.45, 7) is 2.05. The Hall–Kier alpha value is -0.920. The van der Waals surface area contributed by atoms with E-state index in [1.807, 2.05) is 6.92 Å². The molecule has 0 unspecified atom stereocenters. The molecule has 0 radical (unpaired) electrons. The van der Waals surface area contributed by atoms with Gasteiger partial charge >= 0.3 is 0 Å². The second kappa shape index (κ2) is 2.04. The summed E-state index contributed by atoms with van der Waals surface area (Å²) in [6.07, 6.45) is 6.99. The summed E-state index contributed by atoms with van der Waals surface area (Å²) in [7, 11) is 0. The first-order valence-electron chi connectivity index (χ1n) is 3.77. The molecule has 2 heteroatoms. The molecule has 0 saturated heterocycles. The fraction of sp³-hybridized carbons (Fsp3) is 0.500. The summed E-state index contributed by atoms with van der Waals surface area (Å²) in [5.41, 5.74) is 8.81. The number of hydrogen-bond donors (Lipinski definition) is 2. The van der Waals surface area contributed by atoms with Gasteiger partial charge in [-0.1, -0.05) is 0 Å². The zero-order chi connectivity index (χ0) is 6.97. The van der Waals surface area contributed by atoms with Crippen LogP contribution >= 0.6 is 0 Å². The van der Waals surface area contributed by atoms with E-state index in [1.54, 1.807) is 0 Å². The smallest absolute Gasteiger partial charge is 0.0345 e. The maximum absolute atomic E-state index is 3.17. The normalized spacial score (nSPS) is 24.1. The molecule has 2 N–H and O–H groups in total. The highest BCUT2D eigenvalue weighted by Crippen LogP contribution is 2.35. The minimum Gasteiger partial charge on any atom is -0.306 e. The number of allylic oxidation sites excluding steroid dienone is 4. The molecule has 54 valence electrons. The van der Waals surface area contributed by atoms with Crippen LogP contribution in [0.15, 0.2) is 23.5 Å². The lowest BCUT2D eigenvalue weighted by Gasteiger charge is -2.16. The van der Waals surface area contributed by atoms with E-state index < -0.39 is 0 Å². The molecule has 2 aliphatic rings. The third kappa shape index (κ3) is 1.01. The van der Waals surface area contributed by atoms with Crippen LogP contribution in [0.5, 0.6) is 0 Å². The first kappa shape index (κ1) is 5.83. The fourth-order valence-electron chi connectivity index (χ4n) is 1.10. The molecule has 1 fully saturated rings. The van der Waals surface area contributed by atoms with Gasteiger partial charge in [-0.25, -0.2) is 0 Å². The number of rotatable bonds is 1. The molecule has 0 atom stereocenters. The Labute approximate surface area is 61.0 Å². The molecule has 0 aromatic rings. The molecule has 2 nitrogen and oxygen atoms in total. The average Bonchev–Trinajstić information content (AvgIpc) is 2.71. The zero-order valence-corrected chi connectivity index (χ0v) is 6.15. The Balaban J connectivity index is 2.09. The second-order valence-electron chi connectivity index (χ2n) is 3.00. The van der Waals surface area contributed by atoms with Crippen molar-refractivity contribution in [3.63, 3.8) is 0 Å². The topological polar surface area (TPSA) is 24.1 Å². The minimum atomic E-state index is 0.817. The van der Waals surface area contributed by atoms with Gasteiger partial charge in [0.05, 0.1) is 0 Å². The van der Waals surface area contributed by atoms with E-state index in [1.165, 1.54) is 24.2 Å². The van der Waals surface area contributed by atoms with Crippen LogP contribution in [0.25, 0.3) is 0 Å². The van der Waals surface area contributed by atoms with Crippen LogP contribution in [0, 0.1) is 5.92 Å². The lowest BCUT2D eigenvalue weighted by Crippen LogP contribution is -2.32. The Morgan fingerprint density at radius 2 is 2.10 bits per heavy atom. The molecule has 2 rings (SSSR count). The van der Waals surface area contributed by atoms with Crippen LogP contribution in [-0.4, -0.2) is 0 Å². The summed E-state index contributed by atoms with van der Waals surface area (Å²) in [5, 5.41) is 0. The molecule has 0 aromatic carbocycles. The van der Waals surface area contributed by atoms with Gasteiger partial charge in [-0.2, -0.15) is 0 Å². The predicted molar refractivity (Wildman–Crippen MR) is 40.8 cm³/mol. The van der Waals surface area contributed by atoms with Gasteiger partial charge in [0.2, 0.25) is 0 Å². The van der Waals surface area contributed by atoms with E-state index in [4.69, 9.17) is 0 Å². The van der Waals surface area contributed by atoms with E-state index in [0.717, 1.165) is 5.92 Å². The maximum atomic E-state index is 3.17. The van der Waals surface area contributed by atoms with Crippen LogP contribution in [0.2, 0.25) is 0 Å². The van der Waals surface area contributed by atoms with Crippen LogP contribution in [0.4, 0.5) is 0 Å². The van der Waals surface area contributed by atoms with Gasteiger partial charge in [0.15, 0.2) is 0 Å². The Kier molecular flexibility index (Phi) is 1.19. The Bertz CT molecular complexity index is 199. The summed E-state index contributed by atoms with van der Waals surface area (Å²) in [5.74, 6) is 0.817. The summed E-state index contributed by atoms with van der Waals surface area (Å²) >= 11 is 0. The van der Waals surface area contributed by atoms with Crippen molar-refractivity contribution < 1.29 is 0 Å². The molecule has 1 saturated carbocycles. The SMILES string of the molecule is CC1=CC=C(C2CC2)NN1. The number of hydrogen-bond acceptors (Lipinski definition) is 2. The van der Waals surface area contributed by atoms with Crippen molar-refractivity contribution in [2.45, 2.75) is 19.8 Å². The van der Waals surface area contributed by atoms with Crippen molar-refractivity contribution in [3.8, 4) is 0 Å². The molecular formula is C8H12N2. The largest absolute Gasteiger partial charge is 0.306 e. The van der Waals surface area contributed by atoms with E-state index in [-0.39, 0.29) is 0 Å². The van der Waals surface area contributed by atoms with Crippen LogP contribution in [-0.2, 0) is 0 Å². The Morgan fingerprint density at radius 1 is 1.30 bits per heavy atom. The molecule has 10 heavy (non-hydrogen) atoms. The predicted octanol–water partition coefficient (Wildman–Crippen LogP) is 1.29. The number of hydrazine groups is 1. The highest BCUT2D eigenvalue weighted by atomic mass is 15.4. The summed E-state index contributed by atoms with van der Waals surface area (Å²) < 4.78 is 0.